The maximum atomic E-state index is 12.3. The largest absolute Gasteiger partial charge is 0.469 e. The smallest absolute Gasteiger partial charge is 0.307 e. The normalized spacial score (nSPS) is 10.6. The van der Waals surface area contributed by atoms with Gasteiger partial charge in [-0.2, -0.15) is 5.10 Å². The van der Waals surface area contributed by atoms with Gasteiger partial charge in [0.2, 0.25) is 0 Å². The summed E-state index contributed by atoms with van der Waals surface area (Å²) >= 11 is 11.6. The molecule has 1 N–H and O–H groups in total. The fourth-order valence-electron chi connectivity index (χ4n) is 2.12. The van der Waals surface area contributed by atoms with E-state index in [1.165, 1.54) is 37.4 Å². The van der Waals surface area contributed by atoms with Gasteiger partial charge in [-0.05, 0) is 6.07 Å². The highest BCUT2D eigenvalue weighted by Gasteiger charge is 2.22. The number of nitrogens with zero attached hydrogens (tertiary/aromatic N) is 4. The summed E-state index contributed by atoms with van der Waals surface area (Å²) in [6, 6.07) is 0.629. The van der Waals surface area contributed by atoms with E-state index in [1.807, 2.05) is 0 Å². The summed E-state index contributed by atoms with van der Waals surface area (Å²) < 4.78 is 10.6. The molecule has 1 amide bonds. The lowest BCUT2D eigenvalue weighted by Crippen LogP contribution is -2.19. The molecular weight excluding hydrogens is 401 g/mol. The van der Waals surface area contributed by atoms with Crippen molar-refractivity contribution in [3.05, 3.63) is 34.3 Å². The highest BCUT2D eigenvalue weighted by atomic mass is 35.5. The second-order valence-electron chi connectivity index (χ2n) is 5.25. The average molecular weight is 416 g/mol. The molecule has 0 aromatic carbocycles. The molecule has 0 spiro atoms. The number of amides is 1. The van der Waals surface area contributed by atoms with Gasteiger partial charge in [0.05, 0.1) is 50.6 Å². The number of hydrogen-bond acceptors (Lipinski definition) is 8. The Balaban J connectivity index is 2.16. The molecule has 0 fully saturated rings. The summed E-state index contributed by atoms with van der Waals surface area (Å²) in [7, 11) is 2.48. The molecule has 2 rings (SSSR count). The van der Waals surface area contributed by atoms with E-state index in [0.717, 1.165) is 0 Å². The second kappa shape index (κ2) is 9.28. The van der Waals surface area contributed by atoms with Gasteiger partial charge < -0.3 is 14.8 Å². The Bertz CT molecular complexity index is 839. The molecule has 0 aliphatic rings. The van der Waals surface area contributed by atoms with Crippen molar-refractivity contribution in [2.24, 2.45) is 0 Å². The molecule has 144 valence electrons. The first kappa shape index (κ1) is 20.6. The molecule has 10 nitrogen and oxygen atoms in total. The third kappa shape index (κ3) is 5.63. The van der Waals surface area contributed by atoms with Crippen LogP contribution in [-0.4, -0.2) is 52.0 Å². The van der Waals surface area contributed by atoms with Crippen molar-refractivity contribution in [1.82, 2.24) is 20.0 Å². The summed E-state index contributed by atoms with van der Waals surface area (Å²) in [5, 5.41) is 13.6. The predicted octanol–water partition coefficient (Wildman–Crippen LogP) is 1.90. The van der Waals surface area contributed by atoms with E-state index < -0.39 is 23.9 Å². The van der Waals surface area contributed by atoms with Crippen molar-refractivity contribution in [3.8, 4) is 0 Å². The molecular formula is C15H15Cl2N5O5. The number of nitrogens with one attached hydrogen (secondary N) is 1. The Morgan fingerprint density at radius 2 is 1.78 bits per heavy atom. The van der Waals surface area contributed by atoms with E-state index >= 15 is 0 Å². The molecule has 12 heteroatoms. The first-order valence-corrected chi connectivity index (χ1v) is 8.27. The van der Waals surface area contributed by atoms with Crippen LogP contribution in [0.4, 0.5) is 5.69 Å². The number of carbonyl (C=O) groups excluding carboxylic acids is 3. The quantitative estimate of drug-likeness (QED) is 0.679. The molecule has 27 heavy (non-hydrogen) atoms. The molecule has 2 aromatic heterocycles. The monoisotopic (exact) mass is 415 g/mol. The second-order valence-corrected chi connectivity index (χ2v) is 5.99. The van der Waals surface area contributed by atoms with Gasteiger partial charge >= 0.3 is 11.9 Å². The van der Waals surface area contributed by atoms with Crippen molar-refractivity contribution >= 4 is 46.7 Å². The van der Waals surface area contributed by atoms with Crippen LogP contribution in [0.25, 0.3) is 0 Å². The van der Waals surface area contributed by atoms with Crippen molar-refractivity contribution in [1.29, 1.82) is 0 Å². The molecule has 0 aliphatic carbocycles. The third-order valence-electron chi connectivity index (χ3n) is 3.46. The Kier molecular flexibility index (Phi) is 7.08. The van der Waals surface area contributed by atoms with Gasteiger partial charge in [0.25, 0.3) is 5.91 Å². The first-order chi connectivity index (χ1) is 12.8. The zero-order valence-electron chi connectivity index (χ0n) is 14.3. The lowest BCUT2D eigenvalue weighted by atomic mass is 10.1. The SMILES string of the molecule is COC(=O)CC(CC(=O)OC)n1cc(NC(=O)c2cc(Cl)nnc2Cl)cn1. The average Bonchev–Trinajstić information content (AvgIpc) is 3.11. The standard InChI is InChI=1S/C15H15Cl2N5O5/c1-26-12(23)3-9(4-13(24)27-2)22-7-8(6-18-22)19-15(25)10-5-11(16)20-21-14(10)17/h5-7,9H,3-4H2,1-2H3,(H,19,25). The van der Waals surface area contributed by atoms with Gasteiger partial charge in [-0.25, -0.2) is 0 Å². The molecule has 0 bridgehead atoms. The molecule has 0 atom stereocenters. The minimum absolute atomic E-state index is 0.0106. The van der Waals surface area contributed by atoms with E-state index in [9.17, 15) is 14.4 Å². The number of anilines is 1. The van der Waals surface area contributed by atoms with E-state index in [-0.39, 0.29) is 28.7 Å². The van der Waals surface area contributed by atoms with Gasteiger partial charge in [-0.1, -0.05) is 23.2 Å². The molecule has 0 aliphatic heterocycles. The number of rotatable bonds is 7. The molecule has 2 aromatic rings. The summed E-state index contributed by atoms with van der Waals surface area (Å²) in [5.74, 6) is -1.61. The Morgan fingerprint density at radius 1 is 1.15 bits per heavy atom. The first-order valence-electron chi connectivity index (χ1n) is 7.52. The lowest BCUT2D eigenvalue weighted by Gasteiger charge is -2.15. The molecule has 0 radical (unpaired) electrons. The number of esters is 2. The van der Waals surface area contributed by atoms with Gasteiger partial charge in [-0.15, -0.1) is 10.2 Å². The van der Waals surface area contributed by atoms with Crippen LogP contribution in [0.2, 0.25) is 10.3 Å². The third-order valence-corrected chi connectivity index (χ3v) is 3.92. The lowest BCUT2D eigenvalue weighted by molar-refractivity contribution is -0.144. The Morgan fingerprint density at radius 3 is 2.37 bits per heavy atom. The fraction of sp³-hybridized carbons (Fsp3) is 0.333. The summed E-state index contributed by atoms with van der Waals surface area (Å²) in [6.07, 6.45) is 2.61. The van der Waals surface area contributed by atoms with Crippen LogP contribution < -0.4 is 5.32 Å². The van der Waals surface area contributed by atoms with E-state index in [4.69, 9.17) is 23.2 Å². The van der Waals surface area contributed by atoms with Crippen molar-refractivity contribution in [2.75, 3.05) is 19.5 Å². The van der Waals surface area contributed by atoms with E-state index in [2.05, 4.69) is 30.1 Å². The summed E-state index contributed by atoms with van der Waals surface area (Å²) in [6.45, 7) is 0. The Hall–Kier alpha value is -2.72. The maximum absolute atomic E-state index is 12.3. The zero-order chi connectivity index (χ0) is 20.0. The maximum Gasteiger partial charge on any atom is 0.307 e. The van der Waals surface area contributed by atoms with Gasteiger partial charge in [0.1, 0.15) is 0 Å². The molecule has 0 unspecified atom stereocenters. The Labute approximate surface area is 163 Å². The number of ether oxygens (including phenoxy) is 2. The number of hydrogen-bond donors (Lipinski definition) is 1. The van der Waals surface area contributed by atoms with E-state index in [1.54, 1.807) is 0 Å². The number of carbonyl (C=O) groups is 3. The fourth-order valence-corrected chi connectivity index (χ4v) is 2.45. The highest BCUT2D eigenvalue weighted by molar-refractivity contribution is 6.34. The molecule has 2 heterocycles. The zero-order valence-corrected chi connectivity index (χ0v) is 15.8. The van der Waals surface area contributed by atoms with Gasteiger partial charge in [0.15, 0.2) is 10.3 Å². The summed E-state index contributed by atoms with van der Waals surface area (Å²) in [5.41, 5.74) is 0.342. The topological polar surface area (TPSA) is 125 Å². The minimum atomic E-state index is -0.642. The van der Waals surface area contributed by atoms with Crippen molar-refractivity contribution in [3.63, 3.8) is 0 Å². The van der Waals surface area contributed by atoms with Crippen LogP contribution in [0.5, 0.6) is 0 Å². The van der Waals surface area contributed by atoms with Crippen LogP contribution in [-0.2, 0) is 19.1 Å². The van der Waals surface area contributed by atoms with Crippen LogP contribution in [0.15, 0.2) is 18.5 Å². The molecule has 0 saturated carbocycles. The summed E-state index contributed by atoms with van der Waals surface area (Å²) in [4.78, 5) is 35.5. The minimum Gasteiger partial charge on any atom is -0.469 e. The van der Waals surface area contributed by atoms with Crippen LogP contribution in [0.3, 0.4) is 0 Å². The highest BCUT2D eigenvalue weighted by Crippen LogP contribution is 2.21. The van der Waals surface area contributed by atoms with Gasteiger partial charge in [-0.3, -0.25) is 19.1 Å². The van der Waals surface area contributed by atoms with Crippen LogP contribution >= 0.6 is 23.2 Å². The number of aromatic nitrogens is 4. The van der Waals surface area contributed by atoms with Crippen LogP contribution in [0.1, 0.15) is 29.2 Å². The van der Waals surface area contributed by atoms with Crippen LogP contribution in [0, 0.1) is 0 Å². The predicted molar refractivity (Wildman–Crippen MR) is 94.5 cm³/mol. The van der Waals surface area contributed by atoms with Crippen molar-refractivity contribution < 1.29 is 23.9 Å². The van der Waals surface area contributed by atoms with Gasteiger partial charge in [0, 0.05) is 6.20 Å². The molecule has 0 saturated heterocycles. The van der Waals surface area contributed by atoms with Crippen molar-refractivity contribution in [2.45, 2.75) is 18.9 Å². The van der Waals surface area contributed by atoms with E-state index in [0.29, 0.717) is 5.69 Å². The number of halogens is 2. The number of methoxy groups -OCH3 is 2.